The van der Waals surface area contributed by atoms with E-state index in [1.165, 1.54) is 11.3 Å². The van der Waals surface area contributed by atoms with Gasteiger partial charge >= 0.3 is 12.1 Å². The lowest BCUT2D eigenvalue weighted by atomic mass is 10.1. The molecule has 0 spiro atoms. The first-order valence-corrected chi connectivity index (χ1v) is 8.03. The Kier molecular flexibility index (Phi) is 6.83. The molecule has 0 fully saturated rings. The van der Waals surface area contributed by atoms with E-state index >= 15 is 0 Å². The summed E-state index contributed by atoms with van der Waals surface area (Å²) in [5, 5.41) is 16.8. The third-order valence-electron chi connectivity index (χ3n) is 2.70. The van der Waals surface area contributed by atoms with Gasteiger partial charge in [0.05, 0.1) is 12.5 Å². The topological polar surface area (TPSA) is 87.7 Å². The quantitative estimate of drug-likeness (QED) is 0.716. The highest BCUT2D eigenvalue weighted by Crippen LogP contribution is 2.22. The number of carboxylic acids is 1. The van der Waals surface area contributed by atoms with Gasteiger partial charge in [-0.15, -0.1) is 11.3 Å². The number of carbonyl (C=O) groups excluding carboxylic acids is 1. The molecule has 22 heavy (non-hydrogen) atoms. The van der Waals surface area contributed by atoms with E-state index in [-0.39, 0.29) is 18.5 Å². The Hall–Kier alpha value is -1.60. The third kappa shape index (κ3) is 7.42. The molecule has 2 unspecified atom stereocenters. The zero-order valence-corrected chi connectivity index (χ0v) is 14.2. The van der Waals surface area contributed by atoms with Crippen LogP contribution in [0.5, 0.6) is 0 Å². The summed E-state index contributed by atoms with van der Waals surface area (Å²) >= 11 is 1.51. The van der Waals surface area contributed by atoms with Crippen LogP contribution in [0.1, 0.15) is 45.0 Å². The van der Waals surface area contributed by atoms with Crippen molar-refractivity contribution in [1.29, 1.82) is 0 Å². The van der Waals surface area contributed by atoms with Crippen LogP contribution in [0, 0.1) is 0 Å². The van der Waals surface area contributed by atoms with Crippen molar-refractivity contribution in [2.75, 3.05) is 6.54 Å². The van der Waals surface area contributed by atoms with E-state index in [0.717, 1.165) is 4.88 Å². The predicted molar refractivity (Wildman–Crippen MR) is 86.1 cm³/mol. The fourth-order valence-corrected chi connectivity index (χ4v) is 2.65. The lowest BCUT2D eigenvalue weighted by Crippen LogP contribution is -2.42. The highest BCUT2D eigenvalue weighted by Gasteiger charge is 2.20. The van der Waals surface area contributed by atoms with Gasteiger partial charge in [-0.2, -0.15) is 0 Å². The molecule has 0 aliphatic heterocycles. The summed E-state index contributed by atoms with van der Waals surface area (Å²) in [6.45, 7) is 7.64. The van der Waals surface area contributed by atoms with Gasteiger partial charge in [-0.05, 0) is 39.1 Å². The Bertz CT molecular complexity index is 482. The zero-order chi connectivity index (χ0) is 16.8. The van der Waals surface area contributed by atoms with Gasteiger partial charge < -0.3 is 20.5 Å². The number of rotatable bonds is 7. The average Bonchev–Trinajstić information content (AvgIpc) is 2.86. The molecule has 1 amide bonds. The molecular weight excluding hydrogens is 304 g/mol. The van der Waals surface area contributed by atoms with Crippen molar-refractivity contribution in [3.63, 3.8) is 0 Å². The number of hydrogen-bond donors (Lipinski definition) is 3. The number of aliphatic carboxylic acids is 1. The number of carboxylic acid groups (broad SMARTS) is 1. The molecule has 0 aliphatic carbocycles. The molecule has 124 valence electrons. The molecule has 0 radical (unpaired) electrons. The maximum atomic E-state index is 11.6. The van der Waals surface area contributed by atoms with Crippen molar-refractivity contribution in [2.24, 2.45) is 0 Å². The van der Waals surface area contributed by atoms with Crippen LogP contribution in [0.15, 0.2) is 17.5 Å². The molecule has 1 aromatic heterocycles. The summed E-state index contributed by atoms with van der Waals surface area (Å²) in [6.07, 6.45) is -0.482. The Labute approximate surface area is 134 Å². The molecule has 0 aliphatic rings. The highest BCUT2D eigenvalue weighted by molar-refractivity contribution is 7.10. The molecule has 2 atom stereocenters. The zero-order valence-electron chi connectivity index (χ0n) is 13.4. The summed E-state index contributed by atoms with van der Waals surface area (Å²) in [5.41, 5.74) is -0.538. The van der Waals surface area contributed by atoms with Crippen molar-refractivity contribution in [2.45, 2.75) is 51.8 Å². The van der Waals surface area contributed by atoms with Crippen LogP contribution in [0.3, 0.4) is 0 Å². The molecule has 3 N–H and O–H groups in total. The van der Waals surface area contributed by atoms with E-state index < -0.39 is 17.7 Å². The minimum atomic E-state index is -0.863. The molecule has 0 aromatic carbocycles. The van der Waals surface area contributed by atoms with Crippen LogP contribution >= 0.6 is 11.3 Å². The Morgan fingerprint density at radius 2 is 2.09 bits per heavy atom. The lowest BCUT2D eigenvalue weighted by molar-refractivity contribution is -0.137. The first-order valence-electron chi connectivity index (χ1n) is 7.15. The van der Waals surface area contributed by atoms with Crippen LogP contribution in [0.25, 0.3) is 0 Å². The minimum Gasteiger partial charge on any atom is -0.481 e. The number of nitrogens with one attached hydrogen (secondary N) is 2. The summed E-state index contributed by atoms with van der Waals surface area (Å²) in [4.78, 5) is 23.6. The highest BCUT2D eigenvalue weighted by atomic mass is 32.1. The monoisotopic (exact) mass is 328 g/mol. The molecule has 6 nitrogen and oxygen atoms in total. The van der Waals surface area contributed by atoms with Crippen LogP contribution in [0.4, 0.5) is 4.79 Å². The number of carbonyl (C=O) groups is 2. The van der Waals surface area contributed by atoms with E-state index in [2.05, 4.69) is 10.6 Å². The number of alkyl carbamates (subject to hydrolysis) is 1. The maximum Gasteiger partial charge on any atom is 0.407 e. The van der Waals surface area contributed by atoms with Gasteiger partial charge in [-0.25, -0.2) is 4.79 Å². The number of ether oxygens (including phenoxy) is 1. The van der Waals surface area contributed by atoms with Crippen LogP contribution in [-0.2, 0) is 9.53 Å². The summed E-state index contributed by atoms with van der Waals surface area (Å²) in [7, 11) is 0. The molecule has 1 heterocycles. The summed E-state index contributed by atoms with van der Waals surface area (Å²) in [5.74, 6) is -0.863. The number of amides is 1. The second-order valence-electron chi connectivity index (χ2n) is 6.12. The van der Waals surface area contributed by atoms with E-state index in [0.29, 0.717) is 6.54 Å². The molecule has 0 saturated carbocycles. The second kappa shape index (κ2) is 8.14. The standard InChI is InChI=1S/C15H24N2O4S/c1-10(9-16-14(20)21-15(2,3)4)17-11(8-13(18)19)12-6-5-7-22-12/h5-7,10-11,17H,8-9H2,1-4H3,(H,16,20)(H,18,19). The molecule has 0 saturated heterocycles. The predicted octanol–water partition coefficient (Wildman–Crippen LogP) is 2.77. The Morgan fingerprint density at radius 3 is 2.59 bits per heavy atom. The fraction of sp³-hybridized carbons (Fsp3) is 0.600. The first-order chi connectivity index (χ1) is 10.2. The van der Waals surface area contributed by atoms with Gasteiger partial charge in [0.15, 0.2) is 0 Å². The fourth-order valence-electron chi connectivity index (χ4n) is 1.86. The van der Waals surface area contributed by atoms with Gasteiger partial charge in [-0.3, -0.25) is 4.79 Å². The Balaban J connectivity index is 2.48. The van der Waals surface area contributed by atoms with Gasteiger partial charge in [-0.1, -0.05) is 6.07 Å². The van der Waals surface area contributed by atoms with Crippen LogP contribution in [0.2, 0.25) is 0 Å². The van der Waals surface area contributed by atoms with Crippen molar-refractivity contribution < 1.29 is 19.4 Å². The summed E-state index contributed by atoms with van der Waals surface area (Å²) in [6, 6.07) is 3.44. The van der Waals surface area contributed by atoms with Gasteiger partial charge in [0, 0.05) is 17.5 Å². The van der Waals surface area contributed by atoms with Gasteiger partial charge in [0.1, 0.15) is 5.60 Å². The first kappa shape index (κ1) is 18.4. The van der Waals surface area contributed by atoms with Crippen molar-refractivity contribution in [1.82, 2.24) is 10.6 Å². The molecule has 7 heteroatoms. The SMILES string of the molecule is CC(CNC(=O)OC(C)(C)C)NC(CC(=O)O)c1cccs1. The molecule has 1 rings (SSSR count). The van der Waals surface area contributed by atoms with E-state index in [4.69, 9.17) is 9.84 Å². The normalized spacial score (nSPS) is 14.2. The maximum absolute atomic E-state index is 11.6. The van der Waals surface area contributed by atoms with Crippen LogP contribution < -0.4 is 10.6 Å². The lowest BCUT2D eigenvalue weighted by Gasteiger charge is -2.23. The Morgan fingerprint density at radius 1 is 1.41 bits per heavy atom. The summed E-state index contributed by atoms with van der Waals surface area (Å²) < 4.78 is 5.16. The molecular formula is C15H24N2O4S. The van der Waals surface area contributed by atoms with E-state index in [1.54, 1.807) is 20.8 Å². The van der Waals surface area contributed by atoms with Crippen molar-refractivity contribution in [3.8, 4) is 0 Å². The minimum absolute atomic E-state index is 0.00269. The van der Waals surface area contributed by atoms with E-state index in [1.807, 2.05) is 24.4 Å². The second-order valence-corrected chi connectivity index (χ2v) is 7.10. The molecule has 0 bridgehead atoms. The third-order valence-corrected chi connectivity index (χ3v) is 3.69. The smallest absolute Gasteiger partial charge is 0.407 e. The number of thiophene rings is 1. The van der Waals surface area contributed by atoms with Gasteiger partial charge in [0.25, 0.3) is 0 Å². The van der Waals surface area contributed by atoms with Gasteiger partial charge in [0.2, 0.25) is 0 Å². The average molecular weight is 328 g/mol. The van der Waals surface area contributed by atoms with Crippen molar-refractivity contribution in [3.05, 3.63) is 22.4 Å². The van der Waals surface area contributed by atoms with Crippen molar-refractivity contribution >= 4 is 23.4 Å². The number of hydrogen-bond acceptors (Lipinski definition) is 5. The molecule has 1 aromatic rings. The largest absolute Gasteiger partial charge is 0.481 e. The van der Waals surface area contributed by atoms with Crippen LogP contribution in [-0.4, -0.2) is 35.4 Å². The van der Waals surface area contributed by atoms with E-state index in [9.17, 15) is 9.59 Å².